The van der Waals surface area contributed by atoms with Gasteiger partial charge in [-0.2, -0.15) is 5.26 Å². The van der Waals surface area contributed by atoms with Crippen molar-refractivity contribution in [2.24, 2.45) is 11.5 Å². The average Bonchev–Trinajstić information content (AvgIpc) is 2.18. The molecule has 0 heterocycles. The summed E-state index contributed by atoms with van der Waals surface area (Å²) in [5.41, 5.74) is 10.4. The standard InChI is InChI=1S/C6H14N2O2.C2H4O3/c7-4-2-1-3-5(8)6(9)10;1-2(3)5-4/h5H,1-4,7-8H2,(H,9,10);4H,1H3. The summed E-state index contributed by atoms with van der Waals surface area (Å²) in [6.07, 6.45) is 2.16. The van der Waals surface area contributed by atoms with Gasteiger partial charge in [-0.1, -0.05) is 6.42 Å². The quantitative estimate of drug-likeness (QED) is 0.281. The summed E-state index contributed by atoms with van der Waals surface area (Å²) in [6.45, 7) is 1.71. The van der Waals surface area contributed by atoms with E-state index in [4.69, 9.17) is 21.8 Å². The first-order valence-electron chi connectivity index (χ1n) is 4.46. The zero-order chi connectivity index (χ0) is 12.3. The van der Waals surface area contributed by atoms with Crippen molar-refractivity contribution in [3.05, 3.63) is 0 Å². The lowest BCUT2D eigenvalue weighted by molar-refractivity contribution is -0.231. The van der Waals surface area contributed by atoms with E-state index in [0.717, 1.165) is 19.8 Å². The Morgan fingerprint density at radius 2 is 1.87 bits per heavy atom. The van der Waals surface area contributed by atoms with Crippen LogP contribution in [-0.2, 0) is 14.5 Å². The monoisotopic (exact) mass is 222 g/mol. The van der Waals surface area contributed by atoms with Gasteiger partial charge in [0.1, 0.15) is 6.04 Å². The molecule has 1 atom stereocenters. The molecule has 6 N–H and O–H groups in total. The Balaban J connectivity index is 0. The van der Waals surface area contributed by atoms with Crippen LogP contribution in [0.3, 0.4) is 0 Å². The molecule has 1 unspecified atom stereocenters. The van der Waals surface area contributed by atoms with Gasteiger partial charge in [-0.05, 0) is 19.4 Å². The van der Waals surface area contributed by atoms with Gasteiger partial charge in [0.15, 0.2) is 0 Å². The van der Waals surface area contributed by atoms with E-state index in [1.54, 1.807) is 0 Å². The van der Waals surface area contributed by atoms with Crippen molar-refractivity contribution in [2.75, 3.05) is 6.54 Å². The van der Waals surface area contributed by atoms with Crippen LogP contribution in [0.2, 0.25) is 0 Å². The molecule has 0 spiro atoms. The molecule has 0 aromatic heterocycles. The number of carbonyl (C=O) groups is 2. The van der Waals surface area contributed by atoms with Crippen molar-refractivity contribution in [3.8, 4) is 0 Å². The fourth-order valence-electron chi connectivity index (χ4n) is 0.632. The molecule has 0 bridgehead atoms. The molecule has 0 rings (SSSR count). The molecule has 0 aliphatic rings. The number of carbonyl (C=O) groups excluding carboxylic acids is 1. The van der Waals surface area contributed by atoms with Crippen LogP contribution in [0.25, 0.3) is 0 Å². The topological polar surface area (TPSA) is 136 Å². The first-order valence-corrected chi connectivity index (χ1v) is 4.46. The van der Waals surface area contributed by atoms with E-state index in [2.05, 4.69) is 4.89 Å². The van der Waals surface area contributed by atoms with Gasteiger partial charge in [-0.15, -0.1) is 0 Å². The highest BCUT2D eigenvalue weighted by molar-refractivity contribution is 5.72. The Hall–Kier alpha value is -1.18. The lowest BCUT2D eigenvalue weighted by Crippen LogP contribution is -2.29. The van der Waals surface area contributed by atoms with Gasteiger partial charge in [0.05, 0.1) is 0 Å². The first kappa shape index (κ1) is 16.3. The second-order valence-corrected chi connectivity index (χ2v) is 2.81. The molecule has 0 fully saturated rings. The highest BCUT2D eigenvalue weighted by Crippen LogP contribution is 1.96. The number of aliphatic carboxylic acids is 1. The van der Waals surface area contributed by atoms with Gasteiger partial charge in [0.25, 0.3) is 0 Å². The zero-order valence-corrected chi connectivity index (χ0v) is 8.68. The number of hydrogen-bond acceptors (Lipinski definition) is 6. The van der Waals surface area contributed by atoms with Crippen LogP contribution in [0.4, 0.5) is 0 Å². The van der Waals surface area contributed by atoms with Crippen LogP contribution in [0, 0.1) is 0 Å². The van der Waals surface area contributed by atoms with Crippen LogP contribution in [0.5, 0.6) is 0 Å². The summed E-state index contributed by atoms with van der Waals surface area (Å²) >= 11 is 0. The number of carboxylic acids is 1. The summed E-state index contributed by atoms with van der Waals surface area (Å²) < 4.78 is 0. The van der Waals surface area contributed by atoms with Crippen LogP contribution in [0.1, 0.15) is 26.2 Å². The van der Waals surface area contributed by atoms with Crippen molar-refractivity contribution in [1.82, 2.24) is 0 Å². The number of rotatable bonds is 5. The number of hydrogen-bond donors (Lipinski definition) is 4. The third-order valence-electron chi connectivity index (χ3n) is 1.42. The molecule has 0 saturated carbocycles. The van der Waals surface area contributed by atoms with E-state index in [0.29, 0.717) is 13.0 Å². The summed E-state index contributed by atoms with van der Waals surface area (Å²) in [5.74, 6) is -1.62. The second-order valence-electron chi connectivity index (χ2n) is 2.81. The Labute approximate surface area is 87.9 Å². The molecular formula is C8H18N2O5. The minimum absolute atomic E-state index is 0.520. The lowest BCUT2D eigenvalue weighted by Gasteiger charge is -2.03. The smallest absolute Gasteiger partial charge is 0.339 e. The maximum Gasteiger partial charge on any atom is 0.339 e. The van der Waals surface area contributed by atoms with Crippen molar-refractivity contribution in [1.29, 1.82) is 0 Å². The molecule has 7 nitrogen and oxygen atoms in total. The Morgan fingerprint density at radius 3 is 2.13 bits per heavy atom. The largest absolute Gasteiger partial charge is 0.480 e. The molecule has 15 heavy (non-hydrogen) atoms. The third kappa shape index (κ3) is 15.6. The second kappa shape index (κ2) is 10.9. The first-order chi connectivity index (χ1) is 6.95. The molecule has 0 aromatic rings. The predicted molar refractivity (Wildman–Crippen MR) is 52.9 cm³/mol. The van der Waals surface area contributed by atoms with Crippen molar-refractivity contribution in [2.45, 2.75) is 32.2 Å². The molecule has 0 radical (unpaired) electrons. The predicted octanol–water partition coefficient (Wildman–Crippen LogP) is -0.450. The highest BCUT2D eigenvalue weighted by Gasteiger charge is 2.09. The van der Waals surface area contributed by atoms with E-state index in [9.17, 15) is 9.59 Å². The van der Waals surface area contributed by atoms with Gasteiger partial charge in [0, 0.05) is 6.92 Å². The fourth-order valence-corrected chi connectivity index (χ4v) is 0.632. The minimum Gasteiger partial charge on any atom is -0.480 e. The Bertz CT molecular complexity index is 186. The van der Waals surface area contributed by atoms with Crippen LogP contribution in [-0.4, -0.2) is 34.9 Å². The minimum atomic E-state index is -0.933. The van der Waals surface area contributed by atoms with E-state index >= 15 is 0 Å². The highest BCUT2D eigenvalue weighted by atomic mass is 17.1. The maximum atomic E-state index is 10.1. The average molecular weight is 222 g/mol. The van der Waals surface area contributed by atoms with Crippen molar-refractivity contribution < 1.29 is 24.8 Å². The van der Waals surface area contributed by atoms with Crippen molar-refractivity contribution in [3.63, 3.8) is 0 Å². The van der Waals surface area contributed by atoms with Crippen LogP contribution in [0.15, 0.2) is 0 Å². The normalized spacial score (nSPS) is 10.9. The van der Waals surface area contributed by atoms with Crippen LogP contribution >= 0.6 is 0 Å². The van der Waals surface area contributed by atoms with E-state index in [-0.39, 0.29) is 0 Å². The van der Waals surface area contributed by atoms with Crippen molar-refractivity contribution >= 4 is 11.9 Å². The summed E-state index contributed by atoms with van der Waals surface area (Å²) in [4.78, 5) is 22.6. The number of carboxylic acid groups (broad SMARTS) is 1. The lowest BCUT2D eigenvalue weighted by atomic mass is 10.1. The van der Waals surface area contributed by atoms with Gasteiger partial charge in [-0.3, -0.25) is 4.79 Å². The van der Waals surface area contributed by atoms with Gasteiger partial charge in [0.2, 0.25) is 0 Å². The SMILES string of the molecule is CC(=O)OO.NCCCCC(N)C(=O)O. The number of unbranched alkanes of at least 4 members (excludes halogenated alkanes) is 1. The molecule has 90 valence electrons. The van der Waals surface area contributed by atoms with Gasteiger partial charge < -0.3 is 21.5 Å². The van der Waals surface area contributed by atoms with Crippen LogP contribution < -0.4 is 11.5 Å². The zero-order valence-electron chi connectivity index (χ0n) is 8.68. The molecule has 0 aliphatic heterocycles. The summed E-state index contributed by atoms with van der Waals surface area (Å²) in [7, 11) is 0. The van der Waals surface area contributed by atoms with Gasteiger partial charge in [-0.25, -0.2) is 4.79 Å². The van der Waals surface area contributed by atoms with Gasteiger partial charge >= 0.3 is 11.9 Å². The summed E-state index contributed by atoms with van der Waals surface area (Å²) in [5, 5.41) is 15.6. The maximum absolute atomic E-state index is 10.1. The molecule has 0 aliphatic carbocycles. The van der Waals surface area contributed by atoms with E-state index in [1.807, 2.05) is 0 Å². The van der Waals surface area contributed by atoms with E-state index in [1.165, 1.54) is 0 Å². The Kier molecular flexibility index (Phi) is 11.8. The molecule has 0 aromatic carbocycles. The van der Waals surface area contributed by atoms with E-state index < -0.39 is 18.0 Å². The molecule has 7 heteroatoms. The molecule has 0 saturated heterocycles. The number of nitrogens with two attached hydrogens (primary N) is 2. The summed E-state index contributed by atoms with van der Waals surface area (Å²) in [6, 6.07) is -0.716. The molecule has 0 amide bonds. The fraction of sp³-hybridized carbons (Fsp3) is 0.750. The Morgan fingerprint density at radius 1 is 1.40 bits per heavy atom. The molecular weight excluding hydrogens is 204 g/mol. The third-order valence-corrected chi connectivity index (χ3v) is 1.42.